The summed E-state index contributed by atoms with van der Waals surface area (Å²) in [7, 11) is 0. The highest BCUT2D eigenvalue weighted by molar-refractivity contribution is 6.21. The minimum absolute atomic E-state index is 0.310. The van der Waals surface area contributed by atoms with E-state index < -0.39 is 5.56 Å². The molecule has 0 aliphatic carbocycles. The van der Waals surface area contributed by atoms with E-state index in [1.165, 1.54) is 6.08 Å². The minimum Gasteiger partial charge on any atom is -0.442 e. The molecular formula is C6H9ClO2. The number of carbonyl (C=O) groups excluding carboxylic acids is 1. The fourth-order valence-electron chi connectivity index (χ4n) is 0.257. The predicted molar refractivity (Wildman–Crippen MR) is 36.2 cm³/mol. The molecule has 0 aliphatic rings. The molecule has 0 N–H and O–H groups in total. The lowest BCUT2D eigenvalue weighted by atomic mass is 10.5. The van der Waals surface area contributed by atoms with E-state index in [1.807, 2.05) is 0 Å². The van der Waals surface area contributed by atoms with Crippen LogP contribution in [0.3, 0.4) is 0 Å². The van der Waals surface area contributed by atoms with Gasteiger partial charge in [0.15, 0.2) is 5.56 Å². The van der Waals surface area contributed by atoms with Gasteiger partial charge in [-0.3, -0.25) is 4.79 Å². The molecule has 0 radical (unpaired) electrons. The van der Waals surface area contributed by atoms with Crippen molar-refractivity contribution in [2.24, 2.45) is 0 Å². The fraction of sp³-hybridized carbons (Fsp3) is 0.500. The Bertz CT molecular complexity index is 112. The van der Waals surface area contributed by atoms with Gasteiger partial charge in [0.25, 0.3) is 0 Å². The summed E-state index contributed by atoms with van der Waals surface area (Å²) in [6.07, 6.45) is 1.70. The van der Waals surface area contributed by atoms with E-state index >= 15 is 0 Å². The third kappa shape index (κ3) is 4.03. The number of rotatable bonds is 3. The average Bonchev–Trinajstić information content (AvgIpc) is 1.87. The first-order valence-corrected chi connectivity index (χ1v) is 3.10. The van der Waals surface area contributed by atoms with E-state index in [0.717, 1.165) is 0 Å². The first-order valence-electron chi connectivity index (χ1n) is 2.66. The van der Waals surface area contributed by atoms with E-state index in [4.69, 9.17) is 11.6 Å². The molecule has 2 nitrogen and oxygen atoms in total. The second-order valence-corrected chi connectivity index (χ2v) is 1.86. The summed E-state index contributed by atoms with van der Waals surface area (Å²) in [5.74, 6) is -0.310. The molecule has 1 unspecified atom stereocenters. The minimum atomic E-state index is -0.683. The average molecular weight is 149 g/mol. The van der Waals surface area contributed by atoms with Crippen molar-refractivity contribution in [2.45, 2.75) is 18.9 Å². The lowest BCUT2D eigenvalue weighted by molar-refractivity contribution is -0.143. The van der Waals surface area contributed by atoms with Crippen LogP contribution in [0.1, 0.15) is 13.3 Å². The molecule has 0 fully saturated rings. The molecule has 0 bridgehead atoms. The van der Waals surface area contributed by atoms with Gasteiger partial charge in [0.05, 0.1) is 0 Å². The summed E-state index contributed by atoms with van der Waals surface area (Å²) in [5.41, 5.74) is -0.683. The van der Waals surface area contributed by atoms with Crippen LogP contribution in [0.5, 0.6) is 0 Å². The zero-order valence-electron chi connectivity index (χ0n) is 5.26. The molecule has 0 heterocycles. The van der Waals surface area contributed by atoms with E-state index in [-0.39, 0.29) is 5.97 Å². The van der Waals surface area contributed by atoms with Gasteiger partial charge in [-0.1, -0.05) is 25.1 Å². The van der Waals surface area contributed by atoms with Crippen molar-refractivity contribution in [1.82, 2.24) is 0 Å². The van der Waals surface area contributed by atoms with Gasteiger partial charge in [0, 0.05) is 6.42 Å². The highest BCUT2D eigenvalue weighted by Crippen LogP contribution is 1.99. The Hall–Kier alpha value is -0.500. The SMILES string of the molecule is C=CC(Cl)OC(=O)CC. The third-order valence-electron chi connectivity index (χ3n) is 0.718. The number of halogens is 1. The van der Waals surface area contributed by atoms with Crippen molar-refractivity contribution >= 4 is 17.6 Å². The summed E-state index contributed by atoms with van der Waals surface area (Å²) in [5, 5.41) is 0. The van der Waals surface area contributed by atoms with Crippen LogP contribution in [-0.4, -0.2) is 11.5 Å². The Balaban J connectivity index is 3.46. The Morgan fingerprint density at radius 2 is 2.56 bits per heavy atom. The molecule has 1 atom stereocenters. The number of hydrogen-bond acceptors (Lipinski definition) is 2. The fourth-order valence-corrected chi connectivity index (χ4v) is 0.356. The van der Waals surface area contributed by atoms with Gasteiger partial charge < -0.3 is 4.74 Å². The van der Waals surface area contributed by atoms with Gasteiger partial charge in [-0.05, 0) is 6.08 Å². The molecule has 52 valence electrons. The Morgan fingerprint density at radius 3 is 2.89 bits per heavy atom. The van der Waals surface area contributed by atoms with Crippen molar-refractivity contribution in [3.63, 3.8) is 0 Å². The Morgan fingerprint density at radius 1 is 2.00 bits per heavy atom. The van der Waals surface area contributed by atoms with E-state index in [0.29, 0.717) is 6.42 Å². The van der Waals surface area contributed by atoms with Crippen LogP contribution in [0.15, 0.2) is 12.7 Å². The molecule has 0 rings (SSSR count). The predicted octanol–water partition coefficient (Wildman–Crippen LogP) is 1.69. The van der Waals surface area contributed by atoms with E-state index in [2.05, 4.69) is 11.3 Å². The van der Waals surface area contributed by atoms with Gasteiger partial charge in [-0.25, -0.2) is 0 Å². The second kappa shape index (κ2) is 4.39. The molecule has 0 aromatic carbocycles. The third-order valence-corrected chi connectivity index (χ3v) is 0.985. The van der Waals surface area contributed by atoms with E-state index in [1.54, 1.807) is 6.92 Å². The van der Waals surface area contributed by atoms with Crippen LogP contribution in [0, 0.1) is 0 Å². The van der Waals surface area contributed by atoms with Crippen LogP contribution in [0.25, 0.3) is 0 Å². The van der Waals surface area contributed by atoms with Crippen LogP contribution < -0.4 is 0 Å². The van der Waals surface area contributed by atoms with Crippen LogP contribution in [0.4, 0.5) is 0 Å². The van der Waals surface area contributed by atoms with Crippen molar-refractivity contribution in [2.75, 3.05) is 0 Å². The zero-order valence-corrected chi connectivity index (χ0v) is 6.02. The summed E-state index contributed by atoms with van der Waals surface area (Å²) in [4.78, 5) is 10.4. The Kier molecular flexibility index (Phi) is 4.14. The summed E-state index contributed by atoms with van der Waals surface area (Å²) < 4.78 is 4.56. The van der Waals surface area contributed by atoms with Crippen LogP contribution >= 0.6 is 11.6 Å². The lowest BCUT2D eigenvalue weighted by Gasteiger charge is -2.03. The molecule has 0 amide bonds. The molecule has 0 saturated carbocycles. The van der Waals surface area contributed by atoms with Crippen molar-refractivity contribution in [1.29, 1.82) is 0 Å². The molecule has 0 spiro atoms. The van der Waals surface area contributed by atoms with Crippen molar-refractivity contribution in [3.8, 4) is 0 Å². The normalized spacial score (nSPS) is 12.2. The number of carbonyl (C=O) groups is 1. The molecule has 9 heavy (non-hydrogen) atoms. The standard InChI is InChI=1S/C6H9ClO2/c1-3-5(7)9-6(8)4-2/h3,5H,1,4H2,2H3. The molecular weight excluding hydrogens is 140 g/mol. The number of ether oxygens (including phenoxy) is 1. The topological polar surface area (TPSA) is 26.3 Å². The van der Waals surface area contributed by atoms with Gasteiger partial charge >= 0.3 is 5.97 Å². The Labute approximate surface area is 59.5 Å². The largest absolute Gasteiger partial charge is 0.442 e. The van der Waals surface area contributed by atoms with Crippen LogP contribution in [-0.2, 0) is 9.53 Å². The second-order valence-electron chi connectivity index (χ2n) is 1.43. The van der Waals surface area contributed by atoms with Gasteiger partial charge in [0.1, 0.15) is 0 Å². The van der Waals surface area contributed by atoms with Gasteiger partial charge in [-0.15, -0.1) is 0 Å². The lowest BCUT2D eigenvalue weighted by Crippen LogP contribution is -2.08. The van der Waals surface area contributed by atoms with Crippen molar-refractivity contribution < 1.29 is 9.53 Å². The molecule has 0 saturated heterocycles. The zero-order chi connectivity index (χ0) is 7.28. The molecule has 0 aliphatic heterocycles. The van der Waals surface area contributed by atoms with Crippen LogP contribution in [0.2, 0.25) is 0 Å². The number of alkyl halides is 1. The smallest absolute Gasteiger partial charge is 0.307 e. The summed E-state index contributed by atoms with van der Waals surface area (Å²) >= 11 is 5.38. The molecule has 3 heteroatoms. The highest BCUT2D eigenvalue weighted by atomic mass is 35.5. The number of hydrogen-bond donors (Lipinski definition) is 0. The maximum atomic E-state index is 10.4. The first-order chi connectivity index (χ1) is 4.20. The maximum absolute atomic E-state index is 10.4. The number of esters is 1. The van der Waals surface area contributed by atoms with Crippen molar-refractivity contribution in [3.05, 3.63) is 12.7 Å². The molecule has 0 aromatic rings. The summed E-state index contributed by atoms with van der Waals surface area (Å²) in [6.45, 7) is 5.04. The van der Waals surface area contributed by atoms with Gasteiger partial charge in [0.2, 0.25) is 0 Å². The maximum Gasteiger partial charge on any atom is 0.307 e. The first kappa shape index (κ1) is 8.50. The highest BCUT2D eigenvalue weighted by Gasteiger charge is 2.02. The van der Waals surface area contributed by atoms with Gasteiger partial charge in [-0.2, -0.15) is 0 Å². The monoisotopic (exact) mass is 148 g/mol. The summed E-state index contributed by atoms with van der Waals surface area (Å²) in [6, 6.07) is 0. The molecule has 0 aromatic heterocycles. The quantitative estimate of drug-likeness (QED) is 0.346. The van der Waals surface area contributed by atoms with E-state index in [9.17, 15) is 4.79 Å².